The van der Waals surface area contributed by atoms with Crippen LogP contribution in [0.3, 0.4) is 0 Å². The van der Waals surface area contributed by atoms with E-state index < -0.39 is 11.4 Å². The summed E-state index contributed by atoms with van der Waals surface area (Å²) in [5, 5.41) is 21.7. The Hall–Kier alpha value is -4.53. The number of rotatable bonds is 13. The van der Waals surface area contributed by atoms with Crippen molar-refractivity contribution in [3.63, 3.8) is 0 Å². The van der Waals surface area contributed by atoms with E-state index in [0.717, 1.165) is 74.3 Å². The summed E-state index contributed by atoms with van der Waals surface area (Å²) in [5.41, 5.74) is 2.60. The third-order valence-corrected chi connectivity index (χ3v) is 9.69. The van der Waals surface area contributed by atoms with Gasteiger partial charge in [-0.2, -0.15) is 10.2 Å². The molecule has 0 bridgehead atoms. The molecule has 0 aliphatic carbocycles. The summed E-state index contributed by atoms with van der Waals surface area (Å²) in [5.74, 6) is 2.98. The lowest BCUT2D eigenvalue weighted by atomic mass is 9.73. The number of nitrogens with zero attached hydrogens (tertiary/aromatic N) is 6. The number of hydrogen-bond donors (Lipinski definition) is 2. The van der Waals surface area contributed by atoms with Gasteiger partial charge in [0.05, 0.1) is 41.4 Å². The second kappa shape index (κ2) is 16.4. The SMILES string of the molecule is CC(C)C.CCC(C)(CO)NC(=O)c1ccc2nc(CN3CC4(C3)CN(c3cccc(OCc5ccc(C#N)cc5F)n3)C4)n(CCC(C)C)c2c1. The Morgan fingerprint density at radius 3 is 2.44 bits per heavy atom. The van der Waals surface area contributed by atoms with Crippen LogP contribution in [0.25, 0.3) is 11.0 Å². The molecule has 10 nitrogen and oxygen atoms in total. The molecule has 2 aliphatic rings. The van der Waals surface area contributed by atoms with Gasteiger partial charge >= 0.3 is 0 Å². The third-order valence-electron chi connectivity index (χ3n) is 9.69. The number of nitrogens with one attached hydrogen (secondary N) is 1. The molecule has 1 amide bonds. The predicted octanol–water partition coefficient (Wildman–Crippen LogP) is 6.94. The van der Waals surface area contributed by atoms with Gasteiger partial charge in [-0.05, 0) is 68.0 Å². The highest BCUT2D eigenvalue weighted by molar-refractivity contribution is 5.98. The van der Waals surface area contributed by atoms with Crippen LogP contribution < -0.4 is 15.0 Å². The lowest BCUT2D eigenvalue weighted by molar-refractivity contribution is -0.0296. The second-order valence-corrected chi connectivity index (χ2v) is 15.9. The quantitative estimate of drug-likeness (QED) is 0.153. The van der Waals surface area contributed by atoms with Crippen LogP contribution in [-0.2, 0) is 19.7 Å². The third kappa shape index (κ3) is 9.27. The number of amides is 1. The van der Waals surface area contributed by atoms with E-state index in [1.54, 1.807) is 18.2 Å². The number of imidazole rings is 1. The highest BCUT2D eigenvalue weighted by Gasteiger charge is 2.52. The molecule has 2 aliphatic heterocycles. The van der Waals surface area contributed by atoms with Crippen molar-refractivity contribution in [1.29, 1.82) is 5.26 Å². The summed E-state index contributed by atoms with van der Waals surface area (Å²) >= 11 is 0. The van der Waals surface area contributed by atoms with Crippen molar-refractivity contribution < 1.29 is 19.0 Å². The van der Waals surface area contributed by atoms with Gasteiger partial charge in [-0.15, -0.1) is 0 Å². The van der Waals surface area contributed by atoms with Gasteiger partial charge in [0.1, 0.15) is 24.1 Å². The van der Waals surface area contributed by atoms with E-state index in [-0.39, 0.29) is 30.1 Å². The molecule has 2 aromatic carbocycles. The van der Waals surface area contributed by atoms with Crippen LogP contribution in [-0.4, -0.2) is 68.8 Å². The zero-order chi connectivity index (χ0) is 37.6. The number of carbonyl (C=O) groups excluding carboxylic acids is 1. The number of ether oxygens (including phenoxy) is 1. The van der Waals surface area contributed by atoms with E-state index in [1.807, 2.05) is 50.2 Å². The molecule has 1 unspecified atom stereocenters. The fraction of sp³-hybridized carbons (Fsp3) is 0.512. The van der Waals surface area contributed by atoms with Crippen molar-refractivity contribution in [3.05, 3.63) is 82.9 Å². The number of nitriles is 1. The maximum Gasteiger partial charge on any atom is 0.251 e. The number of anilines is 1. The minimum absolute atomic E-state index is 0.0331. The minimum Gasteiger partial charge on any atom is -0.473 e. The van der Waals surface area contributed by atoms with Crippen LogP contribution in [0.5, 0.6) is 5.88 Å². The number of aliphatic hydroxyl groups excluding tert-OH is 1. The fourth-order valence-corrected chi connectivity index (χ4v) is 6.54. The zero-order valence-electron chi connectivity index (χ0n) is 31.7. The Bertz CT molecular complexity index is 1880. The van der Waals surface area contributed by atoms with Crippen LogP contribution in [0.4, 0.5) is 10.2 Å². The van der Waals surface area contributed by atoms with Crippen molar-refractivity contribution in [2.24, 2.45) is 17.3 Å². The van der Waals surface area contributed by atoms with Gasteiger partial charge < -0.3 is 24.6 Å². The van der Waals surface area contributed by atoms with Crippen molar-refractivity contribution in [3.8, 4) is 11.9 Å². The first-order chi connectivity index (χ1) is 24.8. The number of fused-ring (bicyclic) bond motifs is 1. The summed E-state index contributed by atoms with van der Waals surface area (Å²) in [6, 6.07) is 17.6. The molecule has 278 valence electrons. The number of benzene rings is 2. The van der Waals surface area contributed by atoms with Crippen molar-refractivity contribution in [2.45, 2.75) is 86.5 Å². The molecule has 2 saturated heterocycles. The molecule has 6 rings (SSSR count). The van der Waals surface area contributed by atoms with Gasteiger partial charge in [-0.1, -0.05) is 53.7 Å². The maximum absolute atomic E-state index is 14.3. The minimum atomic E-state index is -0.667. The van der Waals surface area contributed by atoms with Gasteiger partial charge in [0.2, 0.25) is 5.88 Å². The predicted molar refractivity (Wildman–Crippen MR) is 203 cm³/mol. The Balaban J connectivity index is 0.00000124. The van der Waals surface area contributed by atoms with Crippen LogP contribution >= 0.6 is 0 Å². The maximum atomic E-state index is 14.3. The average Bonchev–Trinajstić information content (AvgIpc) is 3.42. The number of likely N-dealkylation sites (tertiary alicyclic amines) is 1. The first-order valence-corrected chi connectivity index (χ1v) is 18.4. The first kappa shape index (κ1) is 38.7. The normalized spacial score (nSPS) is 16.2. The number of carbonyl (C=O) groups is 1. The molecule has 11 heteroatoms. The Kier molecular flexibility index (Phi) is 12.2. The lowest BCUT2D eigenvalue weighted by Crippen LogP contribution is -2.72. The van der Waals surface area contributed by atoms with Crippen molar-refractivity contribution in [1.82, 2.24) is 24.8 Å². The molecular formula is C41H54FN7O3. The number of hydrogen-bond acceptors (Lipinski definition) is 8. The Morgan fingerprint density at radius 1 is 1.08 bits per heavy atom. The summed E-state index contributed by atoms with van der Waals surface area (Å²) in [7, 11) is 0. The number of aliphatic hydroxyl groups is 1. The number of halogens is 1. The highest BCUT2D eigenvalue weighted by atomic mass is 19.1. The molecule has 2 N–H and O–H groups in total. The summed E-state index contributed by atoms with van der Waals surface area (Å²) < 4.78 is 22.3. The van der Waals surface area contributed by atoms with Crippen LogP contribution in [0.15, 0.2) is 54.6 Å². The van der Waals surface area contributed by atoms with Crippen LogP contribution in [0.1, 0.15) is 88.6 Å². The molecule has 0 saturated carbocycles. The largest absolute Gasteiger partial charge is 0.473 e. The number of pyridine rings is 1. The lowest BCUT2D eigenvalue weighted by Gasteiger charge is -2.60. The molecular weight excluding hydrogens is 657 g/mol. The first-order valence-electron chi connectivity index (χ1n) is 18.4. The summed E-state index contributed by atoms with van der Waals surface area (Å²) in [6.45, 7) is 19.9. The van der Waals surface area contributed by atoms with E-state index in [1.165, 1.54) is 6.07 Å². The monoisotopic (exact) mass is 711 g/mol. The summed E-state index contributed by atoms with van der Waals surface area (Å²) in [4.78, 5) is 27.5. The highest BCUT2D eigenvalue weighted by Crippen LogP contribution is 2.42. The van der Waals surface area contributed by atoms with Gasteiger partial charge in [0, 0.05) is 55.3 Å². The average molecular weight is 712 g/mol. The van der Waals surface area contributed by atoms with Gasteiger partial charge in [0.15, 0.2) is 0 Å². The molecule has 52 heavy (non-hydrogen) atoms. The van der Waals surface area contributed by atoms with E-state index in [2.05, 4.69) is 59.3 Å². The van der Waals surface area contributed by atoms with E-state index in [0.29, 0.717) is 29.3 Å². The number of aryl methyl sites for hydroxylation is 1. The fourth-order valence-electron chi connectivity index (χ4n) is 6.54. The topological polar surface area (TPSA) is 120 Å². The summed E-state index contributed by atoms with van der Waals surface area (Å²) in [6.07, 6.45) is 1.63. The van der Waals surface area contributed by atoms with E-state index in [9.17, 15) is 14.3 Å². The van der Waals surface area contributed by atoms with E-state index >= 15 is 0 Å². The van der Waals surface area contributed by atoms with Crippen molar-refractivity contribution >= 4 is 22.8 Å². The van der Waals surface area contributed by atoms with Crippen molar-refractivity contribution in [2.75, 3.05) is 37.7 Å². The van der Waals surface area contributed by atoms with Gasteiger partial charge in [0.25, 0.3) is 5.91 Å². The molecule has 4 aromatic rings. The van der Waals surface area contributed by atoms with Crippen LogP contribution in [0.2, 0.25) is 0 Å². The zero-order valence-corrected chi connectivity index (χ0v) is 31.7. The van der Waals surface area contributed by atoms with Gasteiger partial charge in [-0.3, -0.25) is 9.69 Å². The smallest absolute Gasteiger partial charge is 0.251 e. The van der Waals surface area contributed by atoms with E-state index in [4.69, 9.17) is 15.0 Å². The molecule has 0 radical (unpaired) electrons. The molecule has 1 spiro atoms. The molecule has 4 heterocycles. The van der Waals surface area contributed by atoms with Crippen LogP contribution in [0, 0.1) is 34.4 Å². The molecule has 2 aromatic heterocycles. The Morgan fingerprint density at radius 2 is 1.81 bits per heavy atom. The Labute approximate surface area is 307 Å². The second-order valence-electron chi connectivity index (χ2n) is 15.9. The standard InChI is InChI=1S/C37H44FN7O3.C4H10/c1-5-36(4,24-46)42-35(47)27-11-12-30-31(16-27)45(14-13-25(2)3)33(40-30)18-43-20-37(21-43)22-44(23-37)32-7-6-8-34(41-32)48-19-28-10-9-26(17-39)15-29(28)38;1-4(2)3/h6-12,15-16,25,46H,5,13-14,18-24H2,1-4H3,(H,42,47);4H,1-3H3. The molecule has 1 atom stereocenters. The van der Waals surface area contributed by atoms with Gasteiger partial charge in [-0.25, -0.2) is 9.37 Å². The molecule has 2 fully saturated rings. The number of aromatic nitrogens is 3.